The maximum absolute atomic E-state index is 10.9. The van der Waals surface area contributed by atoms with Crippen LogP contribution in [-0.2, 0) is 36.1 Å². The summed E-state index contributed by atoms with van der Waals surface area (Å²) in [5.41, 5.74) is 0. The number of aromatic nitrogens is 2. The zero-order valence-electron chi connectivity index (χ0n) is 8.61. The van der Waals surface area contributed by atoms with E-state index >= 15 is 0 Å². The van der Waals surface area contributed by atoms with E-state index in [1.54, 1.807) is 0 Å². The Morgan fingerprint density at radius 3 is 1.89 bits per heavy atom. The van der Waals surface area contributed by atoms with E-state index in [0.717, 1.165) is 10.9 Å². The smallest absolute Gasteiger partial charge is 0.371 e. The summed E-state index contributed by atoms with van der Waals surface area (Å²) in [4.78, 5) is 38.7. The first-order valence-electron chi connectivity index (χ1n) is 3.87. The van der Waals surface area contributed by atoms with Gasteiger partial charge in [-0.2, -0.15) is 0 Å². The molecule has 1 heterocycles. The fourth-order valence-electron chi connectivity index (χ4n) is 0.979. The van der Waals surface area contributed by atoms with Crippen LogP contribution in [0.15, 0.2) is 18.7 Å². The number of imidazole rings is 1. The Hall–Kier alpha value is 0.0923. The van der Waals surface area contributed by atoms with Gasteiger partial charge in [0.05, 0.1) is 12.9 Å². The molecule has 13 heteroatoms. The first-order chi connectivity index (χ1) is 7.08. The molecule has 10 nitrogen and oxygen atoms in total. The molecule has 0 saturated carbocycles. The summed E-state index contributed by atoms with van der Waals surface area (Å²) in [5.74, 6) is 0. The van der Waals surface area contributed by atoms with Gasteiger partial charge in [-0.3, -0.25) is 9.13 Å². The molecule has 18 heavy (non-hydrogen) atoms. The third-order valence-corrected chi connectivity index (χ3v) is 5.60. The average Bonchev–Trinajstić information content (AvgIpc) is 2.52. The number of aliphatic hydroxyl groups is 1. The van der Waals surface area contributed by atoms with Gasteiger partial charge in [0.1, 0.15) is 0 Å². The van der Waals surface area contributed by atoms with Crippen LogP contribution in [0.5, 0.6) is 0 Å². The maximum Gasteiger partial charge on any atom is 0.371 e. The van der Waals surface area contributed by atoms with E-state index in [1.807, 2.05) is 0 Å². The molecule has 0 bridgehead atoms. The first-order valence-corrected chi connectivity index (χ1v) is 7.10. The molecule has 1 aromatic heterocycles. The van der Waals surface area contributed by atoms with Crippen molar-refractivity contribution in [2.24, 2.45) is 0 Å². The quantitative estimate of drug-likeness (QED) is 0.331. The van der Waals surface area contributed by atoms with Crippen molar-refractivity contribution in [1.82, 2.24) is 9.55 Å². The fourth-order valence-corrected chi connectivity index (χ4v) is 3.03. The third-order valence-electron chi connectivity index (χ3n) is 1.89. The van der Waals surface area contributed by atoms with Crippen LogP contribution in [0, 0.1) is 0 Å². The normalized spacial score (nSPS) is 12.5. The summed E-state index contributed by atoms with van der Waals surface area (Å²) in [5, 5.41) is 6.04. The van der Waals surface area contributed by atoms with Crippen molar-refractivity contribution < 1.29 is 59.7 Å². The molecule has 1 radical (unpaired) electrons. The average molecular weight is 475 g/mol. The van der Waals surface area contributed by atoms with Gasteiger partial charge in [-0.05, 0) is 0 Å². The summed E-state index contributed by atoms with van der Waals surface area (Å²) in [6.45, 7) is -0.957. The van der Waals surface area contributed by atoms with Crippen LogP contribution in [0.25, 0.3) is 0 Å². The summed E-state index contributed by atoms with van der Waals surface area (Å²) < 4.78 is 22.8. The molecule has 6 N–H and O–H groups in total. The summed E-state index contributed by atoms with van der Waals surface area (Å²) in [6.07, 6.45) is 3.51. The molecule has 0 atom stereocenters. The minimum absolute atomic E-state index is 0. The Kier molecular flexibility index (Phi) is 7.37. The number of hydrogen-bond acceptors (Lipinski definition) is 5. The van der Waals surface area contributed by atoms with Crippen molar-refractivity contribution in [2.45, 2.75) is 11.6 Å². The van der Waals surface area contributed by atoms with Crippen LogP contribution >= 0.6 is 15.2 Å². The Labute approximate surface area is 115 Å². The van der Waals surface area contributed by atoms with Crippen molar-refractivity contribution in [2.75, 3.05) is 0 Å². The third kappa shape index (κ3) is 4.05. The predicted octanol–water partition coefficient (Wildman–Crippen LogP) is -1.29. The standard InChI is InChI=1S/C5H10N2O7P2.H2O.Re/c8-5(15(9,10)11,16(12,13)14)3-7-2-1-6-4-7;;/h1-2,4,8H,3H2,(H2,9,10,11)(H2,12,13,14);1H2;/p-1/i;;1+0. The molecule has 0 aliphatic rings. The Morgan fingerprint density at radius 2 is 1.61 bits per heavy atom. The molecule has 1 rings (SSSR count). The minimum atomic E-state index is -5.41. The van der Waals surface area contributed by atoms with Gasteiger partial charge in [0.15, 0.2) is 0 Å². The topological polar surface area (TPSA) is 183 Å². The summed E-state index contributed by atoms with van der Waals surface area (Å²) in [7, 11) is -10.8. The largest absolute Gasteiger partial charge is 0.870 e. The Morgan fingerprint density at radius 1 is 1.17 bits per heavy atom. The molecule has 0 amide bonds. The van der Waals surface area contributed by atoms with Crippen LogP contribution in [0.2, 0.25) is 0 Å². The van der Waals surface area contributed by atoms with E-state index in [4.69, 9.17) is 19.6 Å². The van der Waals surface area contributed by atoms with Gasteiger partial charge in [0, 0.05) is 32.8 Å². The van der Waals surface area contributed by atoms with Crippen LogP contribution in [-0.4, -0.2) is 44.8 Å². The second-order valence-corrected chi connectivity index (χ2v) is 7.11. The Bertz CT molecular complexity index is 430. The van der Waals surface area contributed by atoms with Gasteiger partial charge >= 0.3 is 15.2 Å². The van der Waals surface area contributed by atoms with E-state index in [9.17, 15) is 14.2 Å². The fraction of sp³-hybridized carbons (Fsp3) is 0.400. The van der Waals surface area contributed by atoms with Crippen molar-refractivity contribution >= 4 is 15.2 Å². The van der Waals surface area contributed by atoms with Crippen molar-refractivity contribution in [3.05, 3.63) is 18.7 Å². The number of nitrogens with zero attached hydrogens (tertiary/aromatic N) is 2. The molecule has 0 aromatic carbocycles. The van der Waals surface area contributed by atoms with Gasteiger partial charge in [0.2, 0.25) is 0 Å². The van der Waals surface area contributed by atoms with Gasteiger partial charge in [-0.1, -0.05) is 0 Å². The number of hydrogen-bond donors (Lipinski definition) is 5. The van der Waals surface area contributed by atoms with E-state index in [2.05, 4.69) is 4.98 Å². The van der Waals surface area contributed by atoms with Crippen LogP contribution in [0.3, 0.4) is 0 Å². The molecule has 0 aliphatic carbocycles. The zero-order chi connectivity index (χ0) is 12.6. The van der Waals surface area contributed by atoms with Crippen LogP contribution in [0.4, 0.5) is 0 Å². The van der Waals surface area contributed by atoms with Gasteiger partial charge in [0.25, 0.3) is 5.08 Å². The summed E-state index contributed by atoms with van der Waals surface area (Å²) >= 11 is 0. The molecule has 1 aromatic rings. The molecule has 0 unspecified atom stereocenters. The van der Waals surface area contributed by atoms with Crippen LogP contribution < -0.4 is 0 Å². The monoisotopic (exact) mass is 475 g/mol. The SMILES string of the molecule is O=P(O)(O)C(O)(Cn1ccnc1)P(=O)(O)O.[186Re].[OH-]. The van der Waals surface area contributed by atoms with E-state index in [1.165, 1.54) is 12.4 Å². The molecular weight excluding hydrogens is 464 g/mol. The van der Waals surface area contributed by atoms with E-state index < -0.39 is 26.8 Å². The van der Waals surface area contributed by atoms with Gasteiger partial charge < -0.3 is 34.7 Å². The van der Waals surface area contributed by atoms with Crippen molar-refractivity contribution in [3.63, 3.8) is 0 Å². The summed E-state index contributed by atoms with van der Waals surface area (Å²) in [6, 6.07) is 0. The molecule has 0 saturated heterocycles. The molecule has 0 aliphatic heterocycles. The van der Waals surface area contributed by atoms with Crippen LogP contribution in [0.1, 0.15) is 0 Å². The second-order valence-electron chi connectivity index (χ2n) is 3.10. The molecule has 0 fully saturated rings. The molecule has 0 spiro atoms. The predicted molar refractivity (Wildman–Crippen MR) is 53.2 cm³/mol. The van der Waals surface area contributed by atoms with Gasteiger partial charge in [-0.15, -0.1) is 0 Å². The minimum Gasteiger partial charge on any atom is -0.870 e. The maximum atomic E-state index is 10.9. The van der Waals surface area contributed by atoms with E-state index in [-0.39, 0.29) is 25.9 Å². The Balaban J connectivity index is 0. The zero-order valence-corrected chi connectivity index (χ0v) is 13.1. The van der Waals surface area contributed by atoms with Gasteiger partial charge in [-0.25, -0.2) is 4.98 Å². The van der Waals surface area contributed by atoms with E-state index in [0.29, 0.717) is 0 Å². The second kappa shape index (κ2) is 6.50. The first kappa shape index (κ1) is 20.4. The van der Waals surface area contributed by atoms with Crippen molar-refractivity contribution in [1.29, 1.82) is 0 Å². The number of rotatable bonds is 4. The molecular formula is C5H11N2O8P2Re-. The molecule has 107 valence electrons. The van der Waals surface area contributed by atoms with Crippen molar-refractivity contribution in [3.8, 4) is 0 Å².